The molecule has 146 valence electrons. The van der Waals surface area contributed by atoms with Gasteiger partial charge >= 0.3 is 0 Å². The molecule has 3 aromatic rings. The molecule has 8 nitrogen and oxygen atoms in total. The van der Waals surface area contributed by atoms with E-state index in [1.807, 2.05) is 40.9 Å². The second kappa shape index (κ2) is 7.97. The van der Waals surface area contributed by atoms with Crippen LogP contribution in [0.1, 0.15) is 28.2 Å². The number of nitrogens with zero attached hydrogens (tertiary/aromatic N) is 5. The Morgan fingerprint density at radius 2 is 2.00 bits per heavy atom. The summed E-state index contributed by atoms with van der Waals surface area (Å²) >= 11 is 1.41. The highest BCUT2D eigenvalue weighted by atomic mass is 32.1. The number of methoxy groups -OCH3 is 1. The van der Waals surface area contributed by atoms with Crippen LogP contribution < -0.4 is 9.47 Å². The third-order valence-corrected chi connectivity index (χ3v) is 5.72. The predicted molar refractivity (Wildman–Crippen MR) is 104 cm³/mol. The number of hydrogen-bond acceptors (Lipinski definition) is 7. The number of likely N-dealkylation sites (tertiary alicyclic amines) is 1. The highest BCUT2D eigenvalue weighted by molar-refractivity contribution is 7.16. The van der Waals surface area contributed by atoms with Crippen molar-refractivity contribution in [3.05, 3.63) is 47.5 Å². The van der Waals surface area contributed by atoms with Gasteiger partial charge in [-0.15, -0.1) is 0 Å². The average Bonchev–Trinajstić information content (AvgIpc) is 3.37. The smallest absolute Gasteiger partial charge is 0.266 e. The molecule has 1 amide bonds. The van der Waals surface area contributed by atoms with E-state index in [4.69, 9.17) is 9.47 Å². The first-order valence-electron chi connectivity index (χ1n) is 9.07. The molecule has 0 N–H and O–H groups in total. The first kappa shape index (κ1) is 18.4. The third kappa shape index (κ3) is 3.84. The van der Waals surface area contributed by atoms with E-state index in [2.05, 4.69) is 15.0 Å². The van der Waals surface area contributed by atoms with Crippen LogP contribution in [-0.4, -0.2) is 56.6 Å². The molecule has 1 fully saturated rings. The number of rotatable bonds is 5. The zero-order chi connectivity index (χ0) is 19.5. The summed E-state index contributed by atoms with van der Waals surface area (Å²) in [4.78, 5) is 28.4. The van der Waals surface area contributed by atoms with Crippen molar-refractivity contribution in [3.63, 3.8) is 0 Å². The number of amides is 1. The molecule has 1 aliphatic heterocycles. The van der Waals surface area contributed by atoms with Gasteiger partial charge in [0.05, 0.1) is 31.7 Å². The van der Waals surface area contributed by atoms with Gasteiger partial charge < -0.3 is 18.9 Å². The third-order valence-electron chi connectivity index (χ3n) is 4.56. The van der Waals surface area contributed by atoms with Gasteiger partial charge in [0.25, 0.3) is 5.91 Å². The minimum atomic E-state index is -0.128. The van der Waals surface area contributed by atoms with Gasteiger partial charge in [-0.1, -0.05) is 11.3 Å². The molecule has 0 radical (unpaired) electrons. The van der Waals surface area contributed by atoms with Crippen LogP contribution in [0.15, 0.2) is 36.9 Å². The van der Waals surface area contributed by atoms with Gasteiger partial charge in [0.2, 0.25) is 11.8 Å². The Hall–Kier alpha value is -2.94. The van der Waals surface area contributed by atoms with Crippen LogP contribution in [-0.2, 0) is 0 Å². The van der Waals surface area contributed by atoms with Gasteiger partial charge in [-0.3, -0.25) is 9.78 Å². The number of aryl methyl sites for hydroxylation is 1. The number of piperidine rings is 1. The van der Waals surface area contributed by atoms with Crippen molar-refractivity contribution in [2.75, 3.05) is 20.2 Å². The summed E-state index contributed by atoms with van der Waals surface area (Å²) in [7, 11) is 1.54. The molecular formula is C19H21N5O3S. The van der Waals surface area contributed by atoms with Crippen molar-refractivity contribution in [3.8, 4) is 16.9 Å². The van der Waals surface area contributed by atoms with Gasteiger partial charge in [0.15, 0.2) is 5.13 Å². The van der Waals surface area contributed by atoms with Crippen molar-refractivity contribution < 1.29 is 14.3 Å². The summed E-state index contributed by atoms with van der Waals surface area (Å²) in [5, 5.41) is 0.794. The first-order chi connectivity index (χ1) is 13.6. The molecule has 4 rings (SSSR count). The Bertz CT molecular complexity index is 956. The van der Waals surface area contributed by atoms with E-state index >= 15 is 0 Å². The van der Waals surface area contributed by atoms with Crippen molar-refractivity contribution in [1.82, 2.24) is 24.4 Å². The Balaban J connectivity index is 1.46. The maximum atomic E-state index is 13.1. The zero-order valence-electron chi connectivity index (χ0n) is 15.7. The second-order valence-corrected chi connectivity index (χ2v) is 7.51. The van der Waals surface area contributed by atoms with Crippen molar-refractivity contribution in [1.29, 1.82) is 0 Å². The van der Waals surface area contributed by atoms with E-state index in [9.17, 15) is 4.79 Å². The lowest BCUT2D eigenvalue weighted by Gasteiger charge is -2.32. The van der Waals surface area contributed by atoms with E-state index in [-0.39, 0.29) is 12.0 Å². The molecule has 3 aromatic heterocycles. The summed E-state index contributed by atoms with van der Waals surface area (Å²) < 4.78 is 12.9. The lowest BCUT2D eigenvalue weighted by Crippen LogP contribution is -2.44. The van der Waals surface area contributed by atoms with Crippen LogP contribution in [0, 0.1) is 6.92 Å². The summed E-state index contributed by atoms with van der Waals surface area (Å²) in [6.07, 6.45) is 8.53. The van der Waals surface area contributed by atoms with E-state index in [1.54, 1.807) is 6.20 Å². The van der Waals surface area contributed by atoms with Gasteiger partial charge in [0.1, 0.15) is 11.0 Å². The molecule has 0 aromatic carbocycles. The zero-order valence-corrected chi connectivity index (χ0v) is 16.6. The molecule has 0 saturated carbocycles. The number of ether oxygens (including phenoxy) is 2. The molecule has 1 unspecified atom stereocenters. The lowest BCUT2D eigenvalue weighted by molar-refractivity contribution is 0.0528. The van der Waals surface area contributed by atoms with Gasteiger partial charge in [-0.2, -0.15) is 4.98 Å². The first-order valence-corrected chi connectivity index (χ1v) is 9.88. The lowest BCUT2D eigenvalue weighted by atomic mass is 10.1. The second-order valence-electron chi connectivity index (χ2n) is 6.53. The normalized spacial score (nSPS) is 16.8. The number of hydrogen-bond donors (Lipinski definition) is 0. The predicted octanol–water partition coefficient (Wildman–Crippen LogP) is 2.72. The van der Waals surface area contributed by atoms with Crippen LogP contribution in [0.5, 0.6) is 11.8 Å². The minimum absolute atomic E-state index is 0.00145. The van der Waals surface area contributed by atoms with Crippen molar-refractivity contribution in [2.24, 2.45) is 0 Å². The highest BCUT2D eigenvalue weighted by Gasteiger charge is 2.28. The molecule has 4 heterocycles. The van der Waals surface area contributed by atoms with E-state index in [0.29, 0.717) is 29.7 Å². The topological polar surface area (TPSA) is 82.4 Å². The Labute approximate surface area is 166 Å². The fourth-order valence-corrected chi connectivity index (χ4v) is 4.17. The number of carbonyl (C=O) groups is 1. The van der Waals surface area contributed by atoms with Crippen molar-refractivity contribution in [2.45, 2.75) is 25.9 Å². The van der Waals surface area contributed by atoms with Crippen molar-refractivity contribution >= 4 is 17.2 Å². The number of thiazole rings is 1. The number of carbonyl (C=O) groups excluding carboxylic acids is 1. The van der Waals surface area contributed by atoms with Crippen LogP contribution >= 0.6 is 11.3 Å². The summed E-state index contributed by atoms with van der Waals surface area (Å²) in [5.41, 5.74) is 0.750. The Morgan fingerprint density at radius 3 is 2.79 bits per heavy atom. The highest BCUT2D eigenvalue weighted by Crippen LogP contribution is 2.25. The molecule has 0 bridgehead atoms. The fourth-order valence-electron chi connectivity index (χ4n) is 3.17. The molecule has 9 heteroatoms. The quantitative estimate of drug-likeness (QED) is 0.656. The molecule has 0 aliphatic carbocycles. The van der Waals surface area contributed by atoms with Gasteiger partial charge in [-0.05, 0) is 31.9 Å². The van der Waals surface area contributed by atoms with E-state index in [0.717, 1.165) is 23.7 Å². The SMILES string of the molecule is COc1cncc(OC2CCCN(C(=O)c3sc(-n4cccc4)nc3C)C2)n1. The average molecular weight is 399 g/mol. The van der Waals surface area contributed by atoms with Crippen LogP contribution in [0.4, 0.5) is 0 Å². The monoisotopic (exact) mass is 399 g/mol. The molecular weight excluding hydrogens is 378 g/mol. The molecule has 1 saturated heterocycles. The van der Waals surface area contributed by atoms with Crippen LogP contribution in [0.25, 0.3) is 5.13 Å². The maximum absolute atomic E-state index is 13.1. The minimum Gasteiger partial charge on any atom is -0.480 e. The van der Waals surface area contributed by atoms with Crippen LogP contribution in [0.2, 0.25) is 0 Å². The Morgan fingerprint density at radius 1 is 1.21 bits per heavy atom. The van der Waals surface area contributed by atoms with E-state index < -0.39 is 0 Å². The standard InChI is InChI=1S/C19H21N5O3S/c1-13-17(28-19(21-13)23-7-3-4-8-23)18(25)24-9-5-6-14(12-24)27-16-11-20-10-15(22-16)26-2/h3-4,7-8,10-11,14H,5-6,9,12H2,1-2H3. The summed E-state index contributed by atoms with van der Waals surface area (Å²) in [6.45, 7) is 3.09. The van der Waals surface area contributed by atoms with E-state index in [1.165, 1.54) is 24.6 Å². The van der Waals surface area contributed by atoms with Crippen LogP contribution in [0.3, 0.4) is 0 Å². The fraction of sp³-hybridized carbons (Fsp3) is 0.368. The van der Waals surface area contributed by atoms with Gasteiger partial charge in [0, 0.05) is 18.9 Å². The maximum Gasteiger partial charge on any atom is 0.266 e. The largest absolute Gasteiger partial charge is 0.480 e. The molecule has 1 atom stereocenters. The summed E-state index contributed by atoms with van der Waals surface area (Å²) in [6, 6.07) is 3.87. The molecule has 0 spiro atoms. The Kier molecular flexibility index (Phi) is 5.25. The molecule has 28 heavy (non-hydrogen) atoms. The van der Waals surface area contributed by atoms with Gasteiger partial charge in [-0.25, -0.2) is 4.98 Å². The summed E-state index contributed by atoms with van der Waals surface area (Å²) in [5.74, 6) is 0.806. The number of aromatic nitrogens is 4. The molecule has 1 aliphatic rings.